The molecule has 0 radical (unpaired) electrons. The van der Waals surface area contributed by atoms with Crippen LogP contribution in [0.3, 0.4) is 0 Å². The van der Waals surface area contributed by atoms with Gasteiger partial charge in [0.1, 0.15) is 0 Å². The number of nitrogens with one attached hydrogen (secondary N) is 1. The zero-order valence-corrected chi connectivity index (χ0v) is 17.2. The van der Waals surface area contributed by atoms with Gasteiger partial charge in [-0.05, 0) is 94.3 Å². The van der Waals surface area contributed by atoms with Gasteiger partial charge in [0.25, 0.3) is 0 Å². The number of fused-ring (bicyclic) bond motifs is 1. The fraction of sp³-hybridized carbons (Fsp3) is 1.00. The topological polar surface area (TPSA) is 52.5 Å². The van der Waals surface area contributed by atoms with E-state index < -0.39 is 6.29 Å². The highest BCUT2D eigenvalue weighted by Crippen LogP contribution is 2.49. The Morgan fingerprint density at radius 3 is 1.81 bits per heavy atom. The molecule has 3 aliphatic carbocycles. The predicted molar refractivity (Wildman–Crippen MR) is 106 cm³/mol. The molecule has 4 unspecified atom stereocenters. The summed E-state index contributed by atoms with van der Waals surface area (Å²) in [6, 6.07) is 1.23. The highest BCUT2D eigenvalue weighted by Gasteiger charge is 2.50. The van der Waals surface area contributed by atoms with Crippen LogP contribution in [0.15, 0.2) is 0 Å². The molecule has 0 spiro atoms. The van der Waals surface area contributed by atoms with Crippen LogP contribution < -0.4 is 5.32 Å². The lowest BCUT2D eigenvalue weighted by Crippen LogP contribution is -2.43. The van der Waals surface area contributed by atoms with E-state index in [-0.39, 0.29) is 5.92 Å². The Bertz CT molecular complexity index is 461. The van der Waals surface area contributed by atoms with Crippen molar-refractivity contribution in [2.24, 2.45) is 29.6 Å². The molecule has 3 nitrogen and oxygen atoms in total. The minimum atomic E-state index is -1.14. The van der Waals surface area contributed by atoms with Gasteiger partial charge in [0.05, 0.1) is 0 Å². The highest BCUT2D eigenvalue weighted by molar-refractivity contribution is 6.20. The molecule has 0 aromatic carbocycles. The molecule has 4 fully saturated rings. The van der Waals surface area contributed by atoms with Crippen molar-refractivity contribution in [3.8, 4) is 0 Å². The molecule has 26 heavy (non-hydrogen) atoms. The Balaban J connectivity index is 1.44. The van der Waals surface area contributed by atoms with Crippen LogP contribution in [0.25, 0.3) is 0 Å². The van der Waals surface area contributed by atoms with Crippen molar-refractivity contribution in [2.45, 2.75) is 99.8 Å². The number of aliphatic hydroxyl groups excluding tert-OH is 1. The first-order valence-electron chi connectivity index (χ1n) is 10.9. The summed E-state index contributed by atoms with van der Waals surface area (Å²) < 4.78 is 0. The maximum absolute atomic E-state index is 9.50. The van der Waals surface area contributed by atoms with Crippen molar-refractivity contribution in [1.29, 1.82) is 0 Å². The van der Waals surface area contributed by atoms with Crippen molar-refractivity contribution in [2.75, 3.05) is 0 Å². The van der Waals surface area contributed by atoms with Crippen LogP contribution in [0.5, 0.6) is 0 Å². The van der Waals surface area contributed by atoms with Crippen LogP contribution in [0.1, 0.15) is 70.6 Å². The molecule has 4 aliphatic rings. The van der Waals surface area contributed by atoms with Crippen molar-refractivity contribution < 1.29 is 10.2 Å². The van der Waals surface area contributed by atoms with Crippen LogP contribution in [0, 0.1) is 29.6 Å². The van der Waals surface area contributed by atoms with E-state index in [1.807, 2.05) is 0 Å². The van der Waals surface area contributed by atoms with Gasteiger partial charge < -0.3 is 15.5 Å². The summed E-state index contributed by atoms with van der Waals surface area (Å²) in [7, 11) is 0. The average molecular weight is 404 g/mol. The minimum absolute atomic E-state index is 0.0744. The Morgan fingerprint density at radius 2 is 1.19 bits per heavy atom. The summed E-state index contributed by atoms with van der Waals surface area (Å²) in [4.78, 5) is 0. The molecule has 0 amide bonds. The molecule has 1 heterocycles. The molecule has 0 aromatic heterocycles. The monoisotopic (exact) mass is 403 g/mol. The van der Waals surface area contributed by atoms with E-state index in [0.717, 1.165) is 43.9 Å². The van der Waals surface area contributed by atoms with Crippen molar-refractivity contribution in [3.63, 3.8) is 0 Å². The molecule has 4 rings (SSSR count). The first-order valence-corrected chi connectivity index (χ1v) is 11.8. The summed E-state index contributed by atoms with van der Waals surface area (Å²) in [5, 5.41) is 23.8. The fourth-order valence-corrected chi connectivity index (χ4v) is 7.30. The van der Waals surface area contributed by atoms with Crippen molar-refractivity contribution >= 4 is 23.2 Å². The molecular weight excluding hydrogens is 369 g/mol. The Labute approximate surface area is 168 Å². The van der Waals surface area contributed by atoms with Gasteiger partial charge >= 0.3 is 0 Å². The van der Waals surface area contributed by atoms with Gasteiger partial charge in [0.2, 0.25) is 0 Å². The molecule has 3 saturated carbocycles. The zero-order chi connectivity index (χ0) is 18.3. The first kappa shape index (κ1) is 19.8. The van der Waals surface area contributed by atoms with Crippen molar-refractivity contribution in [1.82, 2.24) is 5.32 Å². The van der Waals surface area contributed by atoms with E-state index in [4.69, 9.17) is 23.2 Å². The van der Waals surface area contributed by atoms with Crippen LogP contribution in [-0.2, 0) is 0 Å². The number of halogens is 2. The minimum Gasteiger partial charge on any atom is -0.368 e. The average Bonchev–Trinajstić information content (AvgIpc) is 3.01. The molecule has 0 bridgehead atoms. The van der Waals surface area contributed by atoms with E-state index in [0.29, 0.717) is 34.7 Å². The van der Waals surface area contributed by atoms with Gasteiger partial charge in [-0.1, -0.05) is 0 Å². The van der Waals surface area contributed by atoms with E-state index >= 15 is 0 Å². The van der Waals surface area contributed by atoms with Gasteiger partial charge in [0.15, 0.2) is 6.29 Å². The van der Waals surface area contributed by atoms with Crippen molar-refractivity contribution in [3.05, 3.63) is 0 Å². The van der Waals surface area contributed by atoms with E-state index in [2.05, 4.69) is 5.32 Å². The van der Waals surface area contributed by atoms with Gasteiger partial charge in [-0.2, -0.15) is 0 Å². The number of aliphatic hydroxyl groups is 2. The summed E-state index contributed by atoms with van der Waals surface area (Å²) in [5.74, 6) is 3.03. The molecule has 1 saturated heterocycles. The van der Waals surface area contributed by atoms with E-state index in [9.17, 15) is 10.2 Å². The standard InChI is InChI=1S/C21H35Cl2NO2/c22-15-7-5-13(6-8-15)19-17-10-9-16(23)11-18(17)20(24-19)12-1-3-14(4-2-12)21(25)26/h12-21,24-26H,1-11H2/t12?,13?,14?,15?,16-,17?,18?,19?,20?/m1/s1. The predicted octanol–water partition coefficient (Wildman–Crippen LogP) is 4.27. The lowest BCUT2D eigenvalue weighted by Gasteiger charge is -2.38. The second-order valence-electron chi connectivity index (χ2n) is 9.56. The zero-order valence-electron chi connectivity index (χ0n) is 15.7. The van der Waals surface area contributed by atoms with Crippen LogP contribution >= 0.6 is 23.2 Å². The number of rotatable bonds is 3. The molecule has 0 aromatic rings. The molecule has 5 atom stereocenters. The molecule has 150 valence electrons. The Morgan fingerprint density at radius 1 is 0.654 bits per heavy atom. The first-order chi connectivity index (χ1) is 12.5. The maximum Gasteiger partial charge on any atom is 0.154 e. The lowest BCUT2D eigenvalue weighted by molar-refractivity contribution is -0.0971. The normalized spacial score (nSPS) is 50.0. The number of hydrogen-bond acceptors (Lipinski definition) is 3. The van der Waals surface area contributed by atoms with Gasteiger partial charge in [-0.3, -0.25) is 0 Å². The van der Waals surface area contributed by atoms with Gasteiger partial charge in [0, 0.05) is 28.8 Å². The molecule has 3 N–H and O–H groups in total. The molecule has 5 heteroatoms. The third kappa shape index (κ3) is 4.08. The maximum atomic E-state index is 9.50. The quantitative estimate of drug-likeness (QED) is 0.487. The van der Waals surface area contributed by atoms with Crippen LogP contribution in [-0.4, -0.2) is 39.3 Å². The number of alkyl halides is 2. The summed E-state index contributed by atoms with van der Waals surface area (Å²) in [6.07, 6.45) is 11.5. The Kier molecular flexibility index (Phi) is 6.42. The second-order valence-corrected chi connectivity index (χ2v) is 10.8. The van der Waals surface area contributed by atoms with E-state index in [1.54, 1.807) is 0 Å². The largest absolute Gasteiger partial charge is 0.368 e. The second kappa shape index (κ2) is 8.45. The molecular formula is C21H35Cl2NO2. The number of hydrogen-bond donors (Lipinski definition) is 3. The summed E-state index contributed by atoms with van der Waals surface area (Å²) >= 11 is 12.9. The third-order valence-corrected chi connectivity index (χ3v) is 8.99. The smallest absolute Gasteiger partial charge is 0.154 e. The van der Waals surface area contributed by atoms with Gasteiger partial charge in [-0.15, -0.1) is 23.2 Å². The SMILES string of the molecule is OC(O)C1CCC(C2NC(C3CCC(Cl)CC3)C3CC[C@@H](Cl)CC32)CC1. The summed E-state index contributed by atoms with van der Waals surface area (Å²) in [5.41, 5.74) is 0. The summed E-state index contributed by atoms with van der Waals surface area (Å²) in [6.45, 7) is 0. The third-order valence-electron chi connectivity index (χ3n) is 8.15. The van der Waals surface area contributed by atoms with E-state index in [1.165, 1.54) is 38.5 Å². The Hall–Kier alpha value is 0.460. The highest BCUT2D eigenvalue weighted by atomic mass is 35.5. The fourth-order valence-electron chi connectivity index (χ4n) is 6.71. The lowest BCUT2D eigenvalue weighted by atomic mass is 9.67. The molecule has 1 aliphatic heterocycles. The van der Waals surface area contributed by atoms with Crippen LogP contribution in [0.4, 0.5) is 0 Å². The van der Waals surface area contributed by atoms with Gasteiger partial charge in [-0.25, -0.2) is 0 Å². The van der Waals surface area contributed by atoms with Crippen LogP contribution in [0.2, 0.25) is 0 Å².